The van der Waals surface area contributed by atoms with E-state index in [4.69, 9.17) is 4.74 Å². The Balaban J connectivity index is 1.71. The summed E-state index contributed by atoms with van der Waals surface area (Å²) in [6.45, 7) is 8.57. The first kappa shape index (κ1) is 10.9. The van der Waals surface area contributed by atoms with E-state index in [1.54, 1.807) is 0 Å². The van der Waals surface area contributed by atoms with E-state index < -0.39 is 0 Å². The summed E-state index contributed by atoms with van der Waals surface area (Å²) >= 11 is 0. The minimum atomic E-state index is 0.245. The number of likely N-dealkylation sites (tertiary alicyclic amines) is 1. The van der Waals surface area contributed by atoms with Crippen molar-refractivity contribution in [2.75, 3.05) is 45.9 Å². The molecule has 0 radical (unpaired) electrons. The molecule has 15 heavy (non-hydrogen) atoms. The molecule has 0 aromatic carbocycles. The molecule has 1 unspecified atom stereocenters. The summed E-state index contributed by atoms with van der Waals surface area (Å²) in [5.74, 6) is 0.581. The number of amides is 1. The van der Waals surface area contributed by atoms with Gasteiger partial charge in [0.2, 0.25) is 5.91 Å². The Bertz CT molecular complexity index is 227. The van der Waals surface area contributed by atoms with E-state index in [2.05, 4.69) is 4.90 Å². The first-order valence-electron chi connectivity index (χ1n) is 5.86. The number of hydrogen-bond donors (Lipinski definition) is 0. The van der Waals surface area contributed by atoms with Gasteiger partial charge in [-0.3, -0.25) is 9.69 Å². The highest BCUT2D eigenvalue weighted by Crippen LogP contribution is 2.16. The summed E-state index contributed by atoms with van der Waals surface area (Å²) in [5, 5.41) is 0. The van der Waals surface area contributed by atoms with Gasteiger partial charge in [0, 0.05) is 38.6 Å². The van der Waals surface area contributed by atoms with Crippen molar-refractivity contribution in [3.05, 3.63) is 0 Å². The molecule has 2 heterocycles. The Hall–Kier alpha value is -0.610. The van der Waals surface area contributed by atoms with Gasteiger partial charge in [-0.1, -0.05) is 6.92 Å². The predicted molar refractivity (Wildman–Crippen MR) is 57.6 cm³/mol. The average Bonchev–Trinajstić information content (AvgIpc) is 2.59. The van der Waals surface area contributed by atoms with Crippen molar-refractivity contribution in [2.24, 2.45) is 5.92 Å². The zero-order chi connectivity index (χ0) is 10.7. The van der Waals surface area contributed by atoms with Crippen molar-refractivity contribution in [3.63, 3.8) is 0 Å². The summed E-state index contributed by atoms with van der Waals surface area (Å²) in [6.07, 6.45) is 1.03. The van der Waals surface area contributed by atoms with Crippen molar-refractivity contribution in [3.8, 4) is 0 Å². The summed E-state index contributed by atoms with van der Waals surface area (Å²) in [5.41, 5.74) is 0. The Morgan fingerprint density at radius 1 is 1.27 bits per heavy atom. The monoisotopic (exact) mass is 212 g/mol. The van der Waals surface area contributed by atoms with Gasteiger partial charge in [0.1, 0.15) is 0 Å². The standard InChI is InChI=1S/C11H20N2O2/c1-10-2-3-13(11(10)14)5-4-12-6-8-15-9-7-12/h10H,2-9H2,1H3. The molecule has 0 spiro atoms. The Morgan fingerprint density at radius 3 is 2.60 bits per heavy atom. The van der Waals surface area contributed by atoms with Crippen LogP contribution in [0.15, 0.2) is 0 Å². The molecule has 0 aliphatic carbocycles. The third kappa shape index (κ3) is 2.69. The maximum absolute atomic E-state index is 11.7. The van der Waals surface area contributed by atoms with Crippen LogP contribution in [0.4, 0.5) is 0 Å². The van der Waals surface area contributed by atoms with Crippen LogP contribution in [0.1, 0.15) is 13.3 Å². The SMILES string of the molecule is CC1CCN(CCN2CCOCC2)C1=O. The van der Waals surface area contributed by atoms with Crippen LogP contribution in [-0.4, -0.2) is 61.6 Å². The average molecular weight is 212 g/mol. The summed E-state index contributed by atoms with van der Waals surface area (Å²) in [7, 11) is 0. The fourth-order valence-electron chi connectivity index (χ4n) is 2.20. The van der Waals surface area contributed by atoms with E-state index in [1.807, 2.05) is 11.8 Å². The summed E-state index contributed by atoms with van der Waals surface area (Å²) < 4.78 is 5.29. The number of ether oxygens (including phenoxy) is 1. The fourth-order valence-corrected chi connectivity index (χ4v) is 2.20. The first-order chi connectivity index (χ1) is 7.27. The quantitative estimate of drug-likeness (QED) is 0.669. The molecule has 1 amide bonds. The lowest BCUT2D eigenvalue weighted by Crippen LogP contribution is -2.42. The molecule has 0 saturated carbocycles. The minimum Gasteiger partial charge on any atom is -0.379 e. The van der Waals surface area contributed by atoms with E-state index in [0.717, 1.165) is 52.4 Å². The molecule has 2 fully saturated rings. The highest BCUT2D eigenvalue weighted by molar-refractivity contribution is 5.80. The number of hydrogen-bond acceptors (Lipinski definition) is 3. The second-order valence-electron chi connectivity index (χ2n) is 4.47. The van der Waals surface area contributed by atoms with Crippen LogP contribution in [0.25, 0.3) is 0 Å². The molecule has 0 N–H and O–H groups in total. The lowest BCUT2D eigenvalue weighted by molar-refractivity contribution is -0.130. The maximum atomic E-state index is 11.7. The van der Waals surface area contributed by atoms with Gasteiger partial charge < -0.3 is 9.64 Å². The molecule has 1 atom stereocenters. The zero-order valence-electron chi connectivity index (χ0n) is 9.45. The molecule has 2 saturated heterocycles. The smallest absolute Gasteiger partial charge is 0.225 e. The number of carbonyl (C=O) groups is 1. The van der Waals surface area contributed by atoms with Crippen LogP contribution < -0.4 is 0 Å². The number of morpholine rings is 1. The van der Waals surface area contributed by atoms with Crippen LogP contribution in [0.5, 0.6) is 0 Å². The van der Waals surface area contributed by atoms with E-state index in [9.17, 15) is 4.79 Å². The van der Waals surface area contributed by atoms with E-state index >= 15 is 0 Å². The molecule has 4 nitrogen and oxygen atoms in total. The molecular formula is C11H20N2O2. The zero-order valence-corrected chi connectivity index (χ0v) is 9.45. The summed E-state index contributed by atoms with van der Waals surface area (Å²) in [6, 6.07) is 0. The fraction of sp³-hybridized carbons (Fsp3) is 0.909. The molecule has 0 aromatic heterocycles. The Morgan fingerprint density at radius 2 is 2.00 bits per heavy atom. The lowest BCUT2D eigenvalue weighted by Gasteiger charge is -2.28. The second-order valence-corrected chi connectivity index (χ2v) is 4.47. The normalized spacial score (nSPS) is 28.7. The van der Waals surface area contributed by atoms with Gasteiger partial charge in [-0.25, -0.2) is 0 Å². The lowest BCUT2D eigenvalue weighted by atomic mass is 10.1. The highest BCUT2D eigenvalue weighted by Gasteiger charge is 2.27. The van der Waals surface area contributed by atoms with Gasteiger partial charge >= 0.3 is 0 Å². The molecule has 2 rings (SSSR count). The van der Waals surface area contributed by atoms with Crippen molar-refractivity contribution < 1.29 is 9.53 Å². The molecule has 4 heteroatoms. The highest BCUT2D eigenvalue weighted by atomic mass is 16.5. The van der Waals surface area contributed by atoms with Gasteiger partial charge in [-0.05, 0) is 6.42 Å². The topological polar surface area (TPSA) is 32.8 Å². The molecule has 2 aliphatic rings. The van der Waals surface area contributed by atoms with Crippen molar-refractivity contribution >= 4 is 5.91 Å². The van der Waals surface area contributed by atoms with E-state index in [0.29, 0.717) is 5.91 Å². The Labute approximate surface area is 91.2 Å². The van der Waals surface area contributed by atoms with Crippen molar-refractivity contribution in [2.45, 2.75) is 13.3 Å². The third-order valence-electron chi connectivity index (χ3n) is 3.36. The molecule has 0 bridgehead atoms. The van der Waals surface area contributed by atoms with E-state index in [-0.39, 0.29) is 5.92 Å². The molecule has 0 aromatic rings. The van der Waals surface area contributed by atoms with Crippen molar-refractivity contribution in [1.29, 1.82) is 0 Å². The van der Waals surface area contributed by atoms with Crippen molar-refractivity contribution in [1.82, 2.24) is 9.80 Å². The number of nitrogens with zero attached hydrogens (tertiary/aromatic N) is 2. The predicted octanol–water partition coefficient (Wildman–Crippen LogP) is 0.187. The largest absolute Gasteiger partial charge is 0.379 e. The molecule has 2 aliphatic heterocycles. The first-order valence-corrected chi connectivity index (χ1v) is 5.86. The third-order valence-corrected chi connectivity index (χ3v) is 3.36. The number of rotatable bonds is 3. The second kappa shape index (κ2) is 4.94. The van der Waals surface area contributed by atoms with Gasteiger partial charge in [0.15, 0.2) is 0 Å². The van der Waals surface area contributed by atoms with Crippen LogP contribution >= 0.6 is 0 Å². The van der Waals surface area contributed by atoms with Gasteiger partial charge in [0.25, 0.3) is 0 Å². The van der Waals surface area contributed by atoms with E-state index in [1.165, 1.54) is 0 Å². The van der Waals surface area contributed by atoms with Gasteiger partial charge in [0.05, 0.1) is 13.2 Å². The summed E-state index contributed by atoms with van der Waals surface area (Å²) in [4.78, 5) is 16.0. The van der Waals surface area contributed by atoms with Gasteiger partial charge in [-0.15, -0.1) is 0 Å². The van der Waals surface area contributed by atoms with Crippen LogP contribution in [0.2, 0.25) is 0 Å². The molecular weight excluding hydrogens is 192 g/mol. The van der Waals surface area contributed by atoms with Crippen LogP contribution in [-0.2, 0) is 9.53 Å². The van der Waals surface area contributed by atoms with Crippen LogP contribution in [0.3, 0.4) is 0 Å². The number of carbonyl (C=O) groups excluding carboxylic acids is 1. The van der Waals surface area contributed by atoms with Crippen LogP contribution in [0, 0.1) is 5.92 Å². The van der Waals surface area contributed by atoms with Gasteiger partial charge in [-0.2, -0.15) is 0 Å². The Kier molecular flexibility index (Phi) is 3.59. The maximum Gasteiger partial charge on any atom is 0.225 e. The minimum absolute atomic E-state index is 0.245. The molecule has 86 valence electrons.